The maximum atomic E-state index is 12.5. The second-order valence-corrected chi connectivity index (χ2v) is 6.03. The van der Waals surface area contributed by atoms with Crippen molar-refractivity contribution in [2.24, 2.45) is 0 Å². The molecule has 3 aromatic rings. The molecule has 4 heteroatoms. The van der Waals surface area contributed by atoms with E-state index in [2.05, 4.69) is 17.0 Å². The molecule has 1 aliphatic rings. The second-order valence-electron chi connectivity index (χ2n) is 6.03. The molecular formula is C20H19NO3. The van der Waals surface area contributed by atoms with Gasteiger partial charge in [-0.2, -0.15) is 0 Å². The van der Waals surface area contributed by atoms with Crippen molar-refractivity contribution >= 4 is 16.9 Å². The molecule has 24 heavy (non-hydrogen) atoms. The minimum atomic E-state index is 0.000420. The summed E-state index contributed by atoms with van der Waals surface area (Å²) in [6, 6.07) is 15.6. The smallest absolute Gasteiger partial charge is 0.200 e. The number of rotatable bonds is 2. The fraction of sp³-hybridized carbons (Fsp3) is 0.250. The van der Waals surface area contributed by atoms with Gasteiger partial charge in [-0.15, -0.1) is 0 Å². The first kappa shape index (κ1) is 15.0. The molecule has 0 aliphatic carbocycles. The predicted octanol–water partition coefficient (Wildman–Crippen LogP) is 3.61. The number of benzene rings is 2. The van der Waals surface area contributed by atoms with Crippen LogP contribution in [0.4, 0.5) is 5.88 Å². The van der Waals surface area contributed by atoms with Gasteiger partial charge in [0.2, 0.25) is 0 Å². The number of ether oxygens (including phenoxy) is 1. The van der Waals surface area contributed by atoms with Crippen molar-refractivity contribution in [2.45, 2.75) is 6.92 Å². The third-order valence-corrected chi connectivity index (χ3v) is 4.54. The summed E-state index contributed by atoms with van der Waals surface area (Å²) in [4.78, 5) is 14.6. The fourth-order valence-corrected chi connectivity index (χ4v) is 3.21. The molecule has 0 unspecified atom stereocenters. The van der Waals surface area contributed by atoms with Crippen LogP contribution in [0.25, 0.3) is 22.1 Å². The fourth-order valence-electron chi connectivity index (χ4n) is 3.21. The average molecular weight is 321 g/mol. The lowest BCUT2D eigenvalue weighted by Gasteiger charge is -2.27. The van der Waals surface area contributed by atoms with Crippen LogP contribution in [0.15, 0.2) is 57.7 Å². The SMILES string of the molecule is Cc1c(-c2ccccc2)ccc2c(=O)cc(N3CCOCC3)oc12. The summed E-state index contributed by atoms with van der Waals surface area (Å²) in [6.07, 6.45) is 0. The van der Waals surface area contributed by atoms with Crippen LogP contribution in [0, 0.1) is 6.92 Å². The van der Waals surface area contributed by atoms with Gasteiger partial charge in [0.15, 0.2) is 11.3 Å². The summed E-state index contributed by atoms with van der Waals surface area (Å²) >= 11 is 0. The van der Waals surface area contributed by atoms with Crippen LogP contribution in [0.3, 0.4) is 0 Å². The zero-order chi connectivity index (χ0) is 16.5. The van der Waals surface area contributed by atoms with Gasteiger partial charge in [-0.05, 0) is 24.1 Å². The molecule has 1 aromatic heterocycles. The van der Waals surface area contributed by atoms with Crippen molar-refractivity contribution in [1.82, 2.24) is 0 Å². The summed E-state index contributed by atoms with van der Waals surface area (Å²) in [5.74, 6) is 0.629. The Bertz CT molecular complexity index is 925. The molecule has 2 aromatic carbocycles. The summed E-state index contributed by atoms with van der Waals surface area (Å²) < 4.78 is 11.5. The molecule has 2 heterocycles. The third kappa shape index (κ3) is 2.59. The normalized spacial score (nSPS) is 15.0. The van der Waals surface area contributed by atoms with Crippen molar-refractivity contribution in [3.63, 3.8) is 0 Å². The molecule has 0 bridgehead atoms. The lowest BCUT2D eigenvalue weighted by atomic mass is 9.98. The van der Waals surface area contributed by atoms with Crippen molar-refractivity contribution in [1.29, 1.82) is 0 Å². The van der Waals surface area contributed by atoms with E-state index in [0.717, 1.165) is 29.8 Å². The molecule has 1 fully saturated rings. The van der Waals surface area contributed by atoms with Gasteiger partial charge in [-0.25, -0.2) is 0 Å². The molecule has 122 valence electrons. The Hall–Kier alpha value is -2.59. The van der Waals surface area contributed by atoms with Gasteiger partial charge >= 0.3 is 0 Å². The highest BCUT2D eigenvalue weighted by Crippen LogP contribution is 2.30. The van der Waals surface area contributed by atoms with E-state index in [4.69, 9.17) is 9.15 Å². The Labute approximate surface area is 140 Å². The Kier molecular flexibility index (Phi) is 3.82. The topological polar surface area (TPSA) is 42.7 Å². The zero-order valence-electron chi connectivity index (χ0n) is 13.6. The summed E-state index contributed by atoms with van der Waals surface area (Å²) in [5, 5.41) is 0.629. The van der Waals surface area contributed by atoms with E-state index in [0.29, 0.717) is 30.1 Å². The third-order valence-electron chi connectivity index (χ3n) is 4.54. The quantitative estimate of drug-likeness (QED) is 0.723. The van der Waals surface area contributed by atoms with Gasteiger partial charge in [0.1, 0.15) is 5.58 Å². The molecule has 0 N–H and O–H groups in total. The minimum absolute atomic E-state index is 0.000420. The molecule has 0 radical (unpaired) electrons. The standard InChI is InChI=1S/C20H19NO3/c1-14-16(15-5-3-2-4-6-15)7-8-17-18(22)13-19(24-20(14)17)21-9-11-23-12-10-21/h2-8,13H,9-12H2,1H3. The van der Waals surface area contributed by atoms with Crippen LogP contribution in [0.1, 0.15) is 5.56 Å². The van der Waals surface area contributed by atoms with Gasteiger partial charge in [0, 0.05) is 24.7 Å². The number of hydrogen-bond donors (Lipinski definition) is 0. The maximum absolute atomic E-state index is 12.5. The van der Waals surface area contributed by atoms with Crippen molar-refractivity contribution < 1.29 is 9.15 Å². The lowest BCUT2D eigenvalue weighted by molar-refractivity contribution is 0.121. The number of aryl methyl sites for hydroxylation is 1. The van der Waals surface area contributed by atoms with Crippen LogP contribution in [-0.2, 0) is 4.74 Å². The summed E-state index contributed by atoms with van der Waals surface area (Å²) in [7, 11) is 0. The van der Waals surface area contributed by atoms with E-state index in [1.165, 1.54) is 0 Å². The molecule has 0 amide bonds. The van der Waals surface area contributed by atoms with Crippen molar-refractivity contribution in [2.75, 3.05) is 31.2 Å². The van der Waals surface area contributed by atoms with Gasteiger partial charge in [0.25, 0.3) is 0 Å². The number of fused-ring (bicyclic) bond motifs is 1. The molecule has 4 rings (SSSR count). The number of anilines is 1. The maximum Gasteiger partial charge on any atom is 0.200 e. The first-order chi connectivity index (χ1) is 11.7. The van der Waals surface area contributed by atoms with Gasteiger partial charge in [-0.3, -0.25) is 4.79 Å². The highest BCUT2D eigenvalue weighted by molar-refractivity contribution is 5.87. The summed E-state index contributed by atoms with van der Waals surface area (Å²) in [6.45, 7) is 4.81. The van der Waals surface area contributed by atoms with Gasteiger partial charge < -0.3 is 14.1 Å². The number of nitrogens with zero attached hydrogens (tertiary/aromatic N) is 1. The van der Waals surface area contributed by atoms with Crippen LogP contribution in [-0.4, -0.2) is 26.3 Å². The summed E-state index contributed by atoms with van der Waals surface area (Å²) in [5.41, 5.74) is 3.87. The van der Waals surface area contributed by atoms with Gasteiger partial charge in [-0.1, -0.05) is 36.4 Å². The Morgan fingerprint density at radius 1 is 1.00 bits per heavy atom. The zero-order valence-corrected chi connectivity index (χ0v) is 13.6. The molecule has 4 nitrogen and oxygen atoms in total. The number of morpholine rings is 1. The van der Waals surface area contributed by atoms with Gasteiger partial charge in [0.05, 0.1) is 18.6 Å². The Morgan fingerprint density at radius 2 is 1.75 bits per heavy atom. The van der Waals surface area contributed by atoms with Crippen LogP contribution < -0.4 is 10.3 Å². The molecular weight excluding hydrogens is 302 g/mol. The molecule has 1 aliphatic heterocycles. The minimum Gasteiger partial charge on any atom is -0.440 e. The monoisotopic (exact) mass is 321 g/mol. The van der Waals surface area contributed by atoms with E-state index in [9.17, 15) is 4.79 Å². The second kappa shape index (κ2) is 6.13. The van der Waals surface area contributed by atoms with Crippen LogP contribution in [0.5, 0.6) is 0 Å². The van der Waals surface area contributed by atoms with E-state index >= 15 is 0 Å². The van der Waals surface area contributed by atoms with Crippen molar-refractivity contribution in [3.8, 4) is 11.1 Å². The highest BCUT2D eigenvalue weighted by atomic mass is 16.5. The first-order valence-electron chi connectivity index (χ1n) is 8.19. The molecule has 1 saturated heterocycles. The average Bonchev–Trinajstić information content (AvgIpc) is 2.64. The van der Waals surface area contributed by atoms with Crippen LogP contribution >= 0.6 is 0 Å². The van der Waals surface area contributed by atoms with E-state index in [-0.39, 0.29) is 5.43 Å². The predicted molar refractivity (Wildman–Crippen MR) is 95.7 cm³/mol. The number of hydrogen-bond acceptors (Lipinski definition) is 4. The molecule has 0 saturated carbocycles. The molecule has 0 atom stereocenters. The van der Waals surface area contributed by atoms with E-state index < -0.39 is 0 Å². The molecule has 0 spiro atoms. The van der Waals surface area contributed by atoms with Crippen molar-refractivity contribution in [3.05, 3.63) is 64.3 Å². The van der Waals surface area contributed by atoms with E-state index in [1.54, 1.807) is 6.07 Å². The van der Waals surface area contributed by atoms with E-state index in [1.807, 2.05) is 37.3 Å². The Balaban J connectivity index is 1.88. The first-order valence-corrected chi connectivity index (χ1v) is 8.19. The van der Waals surface area contributed by atoms with Crippen LogP contribution in [0.2, 0.25) is 0 Å². The lowest BCUT2D eigenvalue weighted by Crippen LogP contribution is -2.36. The highest BCUT2D eigenvalue weighted by Gasteiger charge is 2.17. The Morgan fingerprint density at radius 3 is 2.50 bits per heavy atom. The largest absolute Gasteiger partial charge is 0.440 e.